The Morgan fingerprint density at radius 3 is 2.79 bits per heavy atom. The third-order valence-corrected chi connectivity index (χ3v) is 3.88. The number of morpholine rings is 1. The number of hydrogen-bond donors (Lipinski definition) is 0. The fourth-order valence-electron chi connectivity index (χ4n) is 2.36. The van der Waals surface area contributed by atoms with Crippen LogP contribution in [0.3, 0.4) is 0 Å². The van der Waals surface area contributed by atoms with Crippen LogP contribution in [0.25, 0.3) is 0 Å². The van der Waals surface area contributed by atoms with Gasteiger partial charge in [0.05, 0.1) is 19.3 Å². The quantitative estimate of drug-likeness (QED) is 0.828. The smallest absolute Gasteiger partial charge is 0.143 e. The highest BCUT2D eigenvalue weighted by molar-refractivity contribution is 7.97. The van der Waals surface area contributed by atoms with Gasteiger partial charge in [-0.15, -0.1) is 0 Å². The summed E-state index contributed by atoms with van der Waals surface area (Å²) in [5.74, 6) is 1.26. The summed E-state index contributed by atoms with van der Waals surface area (Å²) in [7, 11) is 0. The molecule has 1 unspecified atom stereocenters. The maximum absolute atomic E-state index is 11.2. The molecule has 1 atom stereocenters. The summed E-state index contributed by atoms with van der Waals surface area (Å²) in [6, 6.07) is 8.62. The third-order valence-electron chi connectivity index (χ3n) is 3.26. The molecule has 19 heavy (non-hydrogen) atoms. The lowest BCUT2D eigenvalue weighted by Crippen LogP contribution is -2.40. The molecule has 0 bridgehead atoms. The van der Waals surface area contributed by atoms with Crippen LogP contribution < -0.4 is 0 Å². The maximum atomic E-state index is 11.2. The number of carbonyl (C=O) groups is 1. The van der Waals surface area contributed by atoms with Gasteiger partial charge in [-0.05, 0) is 24.3 Å². The van der Waals surface area contributed by atoms with E-state index in [4.69, 9.17) is 4.74 Å². The molecule has 1 aromatic rings. The Kier molecular flexibility index (Phi) is 5.43. The normalized spacial score (nSPS) is 20.4. The predicted molar refractivity (Wildman–Crippen MR) is 79.5 cm³/mol. The molecule has 1 aromatic carbocycles. The van der Waals surface area contributed by atoms with Crippen molar-refractivity contribution in [3.8, 4) is 0 Å². The molecule has 0 radical (unpaired) electrons. The fraction of sp³-hybridized carbons (Fsp3) is 0.533. The van der Waals surface area contributed by atoms with Crippen LogP contribution in [0.15, 0.2) is 24.3 Å². The number of benzene rings is 1. The van der Waals surface area contributed by atoms with Crippen LogP contribution >= 0.6 is 11.8 Å². The minimum absolute atomic E-state index is 0.0939. The minimum Gasteiger partial charge on any atom is -0.371 e. The van der Waals surface area contributed by atoms with Crippen molar-refractivity contribution in [3.63, 3.8) is 0 Å². The van der Waals surface area contributed by atoms with Gasteiger partial charge in [0.15, 0.2) is 0 Å². The molecule has 0 amide bonds. The first-order valence-corrected chi connectivity index (χ1v) is 7.99. The van der Waals surface area contributed by atoms with E-state index in [9.17, 15) is 4.79 Å². The summed E-state index contributed by atoms with van der Waals surface area (Å²) >= 11 is 1.83. The number of ether oxygens (including phenoxy) is 1. The highest BCUT2D eigenvalue weighted by Gasteiger charge is 2.22. The Hall–Kier alpha value is -0.840. The molecule has 1 fully saturated rings. The Morgan fingerprint density at radius 1 is 1.42 bits per heavy atom. The van der Waals surface area contributed by atoms with E-state index in [-0.39, 0.29) is 11.9 Å². The number of Topliss-reactive ketones (excluding diaryl/α,β-unsaturated/α-hetero) is 1. The second kappa shape index (κ2) is 7.08. The van der Waals surface area contributed by atoms with Gasteiger partial charge in [0.2, 0.25) is 0 Å². The Morgan fingerprint density at radius 2 is 2.16 bits per heavy atom. The lowest BCUT2D eigenvalue weighted by molar-refractivity contribution is -0.120. The topological polar surface area (TPSA) is 29.5 Å². The van der Waals surface area contributed by atoms with Crippen molar-refractivity contribution < 1.29 is 9.53 Å². The zero-order chi connectivity index (χ0) is 13.7. The Bertz CT molecular complexity index is 419. The molecule has 1 heterocycles. The number of ketones is 1. The predicted octanol–water partition coefficient (Wildman–Crippen LogP) is 2.51. The van der Waals surface area contributed by atoms with Crippen molar-refractivity contribution in [1.29, 1.82) is 0 Å². The molecule has 0 N–H and O–H groups in total. The van der Waals surface area contributed by atoms with E-state index in [1.807, 2.05) is 11.8 Å². The van der Waals surface area contributed by atoms with E-state index in [1.54, 1.807) is 6.92 Å². The van der Waals surface area contributed by atoms with Crippen molar-refractivity contribution in [2.24, 2.45) is 0 Å². The van der Waals surface area contributed by atoms with E-state index < -0.39 is 0 Å². The molecule has 0 saturated carbocycles. The van der Waals surface area contributed by atoms with E-state index in [2.05, 4.69) is 35.4 Å². The molecule has 1 aliphatic rings. The number of carbonyl (C=O) groups excluding carboxylic acids is 1. The first-order valence-electron chi connectivity index (χ1n) is 6.60. The van der Waals surface area contributed by atoms with Crippen LogP contribution in [0.4, 0.5) is 0 Å². The van der Waals surface area contributed by atoms with Crippen LogP contribution in [0.1, 0.15) is 24.2 Å². The minimum atomic E-state index is 0.0939. The van der Waals surface area contributed by atoms with E-state index in [0.717, 1.165) is 18.8 Å². The molecule has 0 aliphatic carbocycles. The van der Waals surface area contributed by atoms with Crippen LogP contribution in [-0.2, 0) is 15.3 Å². The monoisotopic (exact) mass is 279 g/mol. The molecule has 104 valence electrons. The van der Waals surface area contributed by atoms with Crippen molar-refractivity contribution >= 4 is 17.5 Å². The molecule has 3 nitrogen and oxygen atoms in total. The number of thioether (sulfide) groups is 1. The van der Waals surface area contributed by atoms with Crippen LogP contribution in [0.5, 0.6) is 0 Å². The molecular weight excluding hydrogens is 258 g/mol. The van der Waals surface area contributed by atoms with Crippen molar-refractivity contribution in [2.75, 3.05) is 32.5 Å². The molecule has 0 aromatic heterocycles. The van der Waals surface area contributed by atoms with Gasteiger partial charge in [0.25, 0.3) is 0 Å². The molecular formula is C15H21NO2S. The highest BCUT2D eigenvalue weighted by atomic mass is 32.2. The highest BCUT2D eigenvalue weighted by Crippen LogP contribution is 2.23. The van der Waals surface area contributed by atoms with Crippen LogP contribution in [0, 0.1) is 0 Å². The summed E-state index contributed by atoms with van der Waals surface area (Å²) in [4.78, 5) is 13.4. The zero-order valence-corrected chi connectivity index (χ0v) is 12.4. The maximum Gasteiger partial charge on any atom is 0.143 e. The van der Waals surface area contributed by atoms with Gasteiger partial charge in [-0.2, -0.15) is 11.8 Å². The fourth-order valence-corrected chi connectivity index (χ4v) is 2.88. The first kappa shape index (κ1) is 14.6. The van der Waals surface area contributed by atoms with Gasteiger partial charge in [0.1, 0.15) is 5.78 Å². The second-order valence-electron chi connectivity index (χ2n) is 4.97. The molecule has 1 aliphatic heterocycles. The average molecular weight is 279 g/mol. The first-order chi connectivity index (χ1) is 9.19. The van der Waals surface area contributed by atoms with Crippen LogP contribution in [0.2, 0.25) is 0 Å². The molecule has 2 rings (SSSR count). The summed E-state index contributed by atoms with van der Waals surface area (Å²) in [6.07, 6.45) is 2.20. The number of rotatable bonds is 5. The molecule has 4 heteroatoms. The SMILES string of the molecule is CSCc1ccc(C2CN(CC(C)=O)CCO2)cc1. The van der Waals surface area contributed by atoms with Gasteiger partial charge in [-0.1, -0.05) is 24.3 Å². The number of hydrogen-bond acceptors (Lipinski definition) is 4. The molecule has 1 saturated heterocycles. The largest absolute Gasteiger partial charge is 0.371 e. The van der Waals surface area contributed by atoms with Gasteiger partial charge in [-0.25, -0.2) is 0 Å². The lowest BCUT2D eigenvalue weighted by atomic mass is 10.1. The van der Waals surface area contributed by atoms with Gasteiger partial charge < -0.3 is 4.74 Å². The van der Waals surface area contributed by atoms with Gasteiger partial charge in [-0.3, -0.25) is 9.69 Å². The number of nitrogens with zero attached hydrogens (tertiary/aromatic N) is 1. The average Bonchev–Trinajstić information content (AvgIpc) is 2.39. The van der Waals surface area contributed by atoms with E-state index in [1.165, 1.54) is 11.1 Å². The Labute approximate surface area is 119 Å². The van der Waals surface area contributed by atoms with Crippen LogP contribution in [-0.4, -0.2) is 43.2 Å². The standard InChI is InChI=1S/C15H21NO2S/c1-12(17)9-16-7-8-18-15(10-16)14-5-3-13(4-6-14)11-19-2/h3-6,15H,7-11H2,1-2H3. The lowest BCUT2D eigenvalue weighted by Gasteiger charge is -2.32. The summed E-state index contributed by atoms with van der Waals surface area (Å²) in [6.45, 7) is 4.53. The summed E-state index contributed by atoms with van der Waals surface area (Å²) in [5.41, 5.74) is 2.55. The van der Waals surface area contributed by atoms with Gasteiger partial charge >= 0.3 is 0 Å². The zero-order valence-electron chi connectivity index (χ0n) is 11.6. The van der Waals surface area contributed by atoms with E-state index in [0.29, 0.717) is 13.2 Å². The summed E-state index contributed by atoms with van der Waals surface area (Å²) < 4.78 is 5.82. The van der Waals surface area contributed by atoms with Crippen molar-refractivity contribution in [2.45, 2.75) is 18.8 Å². The molecule has 0 spiro atoms. The van der Waals surface area contributed by atoms with Gasteiger partial charge in [0, 0.05) is 18.8 Å². The second-order valence-corrected chi connectivity index (χ2v) is 5.84. The summed E-state index contributed by atoms with van der Waals surface area (Å²) in [5, 5.41) is 0. The van der Waals surface area contributed by atoms with Crippen molar-refractivity contribution in [1.82, 2.24) is 4.90 Å². The third kappa shape index (κ3) is 4.34. The van der Waals surface area contributed by atoms with Crippen molar-refractivity contribution in [3.05, 3.63) is 35.4 Å². The Balaban J connectivity index is 1.98. The van der Waals surface area contributed by atoms with E-state index >= 15 is 0 Å².